The Kier molecular flexibility index (Phi) is 3.20. The standard InChI is InChI=1S/C10H11NO2/c1-2-11-10(13)9-6-4-3-5-8(9)7-12/h3-7H,2H2,1H3,(H,11,13). The zero-order valence-corrected chi connectivity index (χ0v) is 7.41. The highest BCUT2D eigenvalue weighted by Gasteiger charge is 2.07. The predicted octanol–water partition coefficient (Wildman–Crippen LogP) is 1.25. The van der Waals surface area contributed by atoms with E-state index in [0.717, 1.165) is 0 Å². The van der Waals surface area contributed by atoms with E-state index in [1.54, 1.807) is 24.3 Å². The summed E-state index contributed by atoms with van der Waals surface area (Å²) in [5.74, 6) is -0.204. The van der Waals surface area contributed by atoms with Gasteiger partial charge in [-0.2, -0.15) is 0 Å². The largest absolute Gasteiger partial charge is 0.352 e. The maximum absolute atomic E-state index is 11.4. The fourth-order valence-corrected chi connectivity index (χ4v) is 1.06. The van der Waals surface area contributed by atoms with E-state index in [1.807, 2.05) is 6.92 Å². The minimum Gasteiger partial charge on any atom is -0.352 e. The van der Waals surface area contributed by atoms with E-state index in [9.17, 15) is 9.59 Å². The molecule has 0 fully saturated rings. The third-order valence-electron chi connectivity index (χ3n) is 1.67. The zero-order chi connectivity index (χ0) is 9.68. The zero-order valence-electron chi connectivity index (χ0n) is 7.41. The summed E-state index contributed by atoms with van der Waals surface area (Å²) in [6.45, 7) is 2.40. The lowest BCUT2D eigenvalue weighted by atomic mass is 10.1. The van der Waals surface area contributed by atoms with Gasteiger partial charge in [0.25, 0.3) is 5.91 Å². The van der Waals surface area contributed by atoms with E-state index in [2.05, 4.69) is 5.32 Å². The van der Waals surface area contributed by atoms with E-state index in [0.29, 0.717) is 24.0 Å². The number of nitrogens with one attached hydrogen (secondary N) is 1. The summed E-state index contributed by atoms with van der Waals surface area (Å²) in [7, 11) is 0. The van der Waals surface area contributed by atoms with Crippen molar-refractivity contribution < 1.29 is 9.59 Å². The monoisotopic (exact) mass is 177 g/mol. The summed E-state index contributed by atoms with van der Waals surface area (Å²) in [6.07, 6.45) is 0.685. The molecule has 68 valence electrons. The maximum atomic E-state index is 11.4. The first-order valence-corrected chi connectivity index (χ1v) is 4.12. The number of rotatable bonds is 3. The molecule has 1 N–H and O–H groups in total. The van der Waals surface area contributed by atoms with Crippen LogP contribution in [0.1, 0.15) is 27.6 Å². The molecule has 1 aromatic rings. The lowest BCUT2D eigenvalue weighted by Gasteiger charge is -2.03. The lowest BCUT2D eigenvalue weighted by molar-refractivity contribution is 0.0950. The van der Waals surface area contributed by atoms with E-state index >= 15 is 0 Å². The minimum atomic E-state index is -0.204. The molecule has 1 rings (SSSR count). The molecule has 0 heterocycles. The van der Waals surface area contributed by atoms with Crippen LogP contribution in [0.4, 0.5) is 0 Å². The average molecular weight is 177 g/mol. The molecule has 0 aromatic heterocycles. The normalized spacial score (nSPS) is 9.31. The number of amides is 1. The van der Waals surface area contributed by atoms with E-state index in [4.69, 9.17) is 0 Å². The number of carbonyl (C=O) groups is 2. The lowest BCUT2D eigenvalue weighted by Crippen LogP contribution is -2.23. The van der Waals surface area contributed by atoms with Crippen molar-refractivity contribution in [3.8, 4) is 0 Å². The van der Waals surface area contributed by atoms with Gasteiger partial charge in [0.15, 0.2) is 6.29 Å². The Balaban J connectivity index is 2.98. The van der Waals surface area contributed by atoms with Crippen molar-refractivity contribution in [3.63, 3.8) is 0 Å². The van der Waals surface area contributed by atoms with Gasteiger partial charge in [-0.25, -0.2) is 0 Å². The molecule has 0 radical (unpaired) electrons. The van der Waals surface area contributed by atoms with Gasteiger partial charge in [-0.15, -0.1) is 0 Å². The van der Waals surface area contributed by atoms with E-state index in [-0.39, 0.29) is 5.91 Å². The van der Waals surface area contributed by atoms with Crippen LogP contribution in [-0.4, -0.2) is 18.7 Å². The Hall–Kier alpha value is -1.64. The number of hydrogen-bond acceptors (Lipinski definition) is 2. The third-order valence-corrected chi connectivity index (χ3v) is 1.67. The molecular formula is C10H11NO2. The second kappa shape index (κ2) is 4.40. The molecule has 0 unspecified atom stereocenters. The summed E-state index contributed by atoms with van der Waals surface area (Å²) in [5.41, 5.74) is 0.854. The van der Waals surface area contributed by atoms with Gasteiger partial charge in [0.2, 0.25) is 0 Å². The number of carbonyl (C=O) groups excluding carboxylic acids is 2. The fraction of sp³-hybridized carbons (Fsp3) is 0.200. The Labute approximate surface area is 76.8 Å². The molecule has 3 heteroatoms. The van der Waals surface area contributed by atoms with E-state index < -0.39 is 0 Å². The van der Waals surface area contributed by atoms with Crippen molar-refractivity contribution >= 4 is 12.2 Å². The number of benzene rings is 1. The van der Waals surface area contributed by atoms with Gasteiger partial charge in [-0.05, 0) is 13.0 Å². The quantitative estimate of drug-likeness (QED) is 0.706. The van der Waals surface area contributed by atoms with Crippen molar-refractivity contribution in [1.29, 1.82) is 0 Å². The highest BCUT2D eigenvalue weighted by atomic mass is 16.1. The molecule has 13 heavy (non-hydrogen) atoms. The van der Waals surface area contributed by atoms with Gasteiger partial charge < -0.3 is 5.32 Å². The van der Waals surface area contributed by atoms with Crippen molar-refractivity contribution in [1.82, 2.24) is 5.32 Å². The van der Waals surface area contributed by atoms with Gasteiger partial charge in [0.05, 0.1) is 0 Å². The summed E-state index contributed by atoms with van der Waals surface area (Å²) in [5, 5.41) is 2.64. The molecule has 0 spiro atoms. The molecule has 0 aliphatic carbocycles. The average Bonchev–Trinajstić information content (AvgIpc) is 2.18. The van der Waals surface area contributed by atoms with Crippen LogP contribution < -0.4 is 5.32 Å². The molecule has 0 aliphatic rings. The first-order valence-electron chi connectivity index (χ1n) is 4.12. The fourth-order valence-electron chi connectivity index (χ4n) is 1.06. The van der Waals surface area contributed by atoms with Crippen LogP contribution in [-0.2, 0) is 0 Å². The van der Waals surface area contributed by atoms with Crippen LogP contribution in [0.25, 0.3) is 0 Å². The molecule has 0 aliphatic heterocycles. The maximum Gasteiger partial charge on any atom is 0.251 e. The van der Waals surface area contributed by atoms with Crippen LogP contribution in [0, 0.1) is 0 Å². The van der Waals surface area contributed by atoms with Crippen LogP contribution in [0.5, 0.6) is 0 Å². The summed E-state index contributed by atoms with van der Waals surface area (Å²) < 4.78 is 0. The Morgan fingerprint density at radius 3 is 2.77 bits per heavy atom. The van der Waals surface area contributed by atoms with Crippen molar-refractivity contribution in [2.24, 2.45) is 0 Å². The van der Waals surface area contributed by atoms with Crippen LogP contribution in [0.2, 0.25) is 0 Å². The van der Waals surface area contributed by atoms with Gasteiger partial charge >= 0.3 is 0 Å². The van der Waals surface area contributed by atoms with Gasteiger partial charge in [0.1, 0.15) is 0 Å². The Morgan fingerprint density at radius 1 is 1.46 bits per heavy atom. The predicted molar refractivity (Wildman–Crippen MR) is 49.8 cm³/mol. The van der Waals surface area contributed by atoms with Crippen molar-refractivity contribution in [2.75, 3.05) is 6.54 Å². The van der Waals surface area contributed by atoms with Gasteiger partial charge in [-0.1, -0.05) is 18.2 Å². The van der Waals surface area contributed by atoms with E-state index in [1.165, 1.54) is 0 Å². The minimum absolute atomic E-state index is 0.204. The third kappa shape index (κ3) is 2.15. The first-order chi connectivity index (χ1) is 6.29. The van der Waals surface area contributed by atoms with Crippen LogP contribution >= 0.6 is 0 Å². The highest BCUT2D eigenvalue weighted by molar-refractivity contribution is 6.01. The number of hydrogen-bond donors (Lipinski definition) is 1. The van der Waals surface area contributed by atoms with Gasteiger partial charge in [0, 0.05) is 17.7 Å². The summed E-state index contributed by atoms with van der Waals surface area (Å²) in [4.78, 5) is 21.9. The Morgan fingerprint density at radius 2 is 2.15 bits per heavy atom. The van der Waals surface area contributed by atoms with Gasteiger partial charge in [-0.3, -0.25) is 9.59 Å². The smallest absolute Gasteiger partial charge is 0.251 e. The molecular weight excluding hydrogens is 166 g/mol. The molecule has 0 saturated carbocycles. The SMILES string of the molecule is CCNC(=O)c1ccccc1C=O. The van der Waals surface area contributed by atoms with Crippen molar-refractivity contribution in [2.45, 2.75) is 6.92 Å². The summed E-state index contributed by atoms with van der Waals surface area (Å²) in [6, 6.07) is 6.72. The van der Waals surface area contributed by atoms with Crippen LogP contribution in [0.15, 0.2) is 24.3 Å². The molecule has 1 aromatic carbocycles. The molecule has 3 nitrogen and oxygen atoms in total. The van der Waals surface area contributed by atoms with Crippen LogP contribution in [0.3, 0.4) is 0 Å². The first kappa shape index (κ1) is 9.45. The van der Waals surface area contributed by atoms with Crippen molar-refractivity contribution in [3.05, 3.63) is 35.4 Å². The molecule has 0 bridgehead atoms. The topological polar surface area (TPSA) is 46.2 Å². The summed E-state index contributed by atoms with van der Waals surface area (Å²) >= 11 is 0. The molecule has 0 saturated heterocycles. The second-order valence-electron chi connectivity index (χ2n) is 2.56. The highest BCUT2D eigenvalue weighted by Crippen LogP contribution is 2.05. The molecule has 0 atom stereocenters. The second-order valence-corrected chi connectivity index (χ2v) is 2.56. The number of aldehydes is 1. The Bertz CT molecular complexity index is 320. The molecule has 1 amide bonds.